The zero-order chi connectivity index (χ0) is 15.7. The summed E-state index contributed by atoms with van der Waals surface area (Å²) in [5.41, 5.74) is 1.25. The molecule has 8 heteroatoms. The Morgan fingerprint density at radius 1 is 1.05 bits per heavy atom. The topological polar surface area (TPSA) is 42.0 Å². The number of aryl methyl sites for hydroxylation is 1. The highest BCUT2D eigenvalue weighted by Crippen LogP contribution is 2.36. The van der Waals surface area contributed by atoms with Crippen LogP contribution in [0, 0.1) is 6.92 Å². The Balaban J connectivity index is 2.40. The predicted molar refractivity (Wildman–Crippen MR) is 88.4 cm³/mol. The van der Waals surface area contributed by atoms with Crippen molar-refractivity contribution >= 4 is 69.6 Å². The van der Waals surface area contributed by atoms with Gasteiger partial charge in [-0.25, -0.2) is 4.98 Å². The standard InChI is InChI=1S/C13H7Cl5N2O/c1-5-2-3-6(14)4-7(5)19-13(21)11-9(16)8(15)10(17)12(18)20-11/h2-4H,1H3,(H,19,21). The van der Waals surface area contributed by atoms with Crippen molar-refractivity contribution < 1.29 is 4.79 Å². The fourth-order valence-corrected chi connectivity index (χ4v) is 2.53. The van der Waals surface area contributed by atoms with Crippen molar-refractivity contribution in [3.8, 4) is 0 Å². The molecule has 0 bridgehead atoms. The van der Waals surface area contributed by atoms with Crippen LogP contribution in [-0.4, -0.2) is 10.9 Å². The van der Waals surface area contributed by atoms with Gasteiger partial charge in [0.1, 0.15) is 10.8 Å². The number of aromatic nitrogens is 1. The molecule has 110 valence electrons. The number of rotatable bonds is 2. The van der Waals surface area contributed by atoms with Crippen LogP contribution in [0.15, 0.2) is 18.2 Å². The third kappa shape index (κ3) is 3.55. The number of hydrogen-bond acceptors (Lipinski definition) is 2. The number of carbonyl (C=O) groups excluding carboxylic acids is 1. The summed E-state index contributed by atoms with van der Waals surface area (Å²) in [5, 5.41) is 2.95. The first-order valence-electron chi connectivity index (χ1n) is 5.58. The minimum Gasteiger partial charge on any atom is -0.320 e. The van der Waals surface area contributed by atoms with Gasteiger partial charge in [-0.2, -0.15) is 0 Å². The third-order valence-corrected chi connectivity index (χ3v) is 4.56. The molecular weight excluding hydrogens is 377 g/mol. The molecule has 0 aliphatic carbocycles. The molecule has 1 aromatic carbocycles. The van der Waals surface area contributed by atoms with Crippen molar-refractivity contribution in [1.29, 1.82) is 0 Å². The number of pyridine rings is 1. The molecular formula is C13H7Cl5N2O. The molecule has 1 amide bonds. The summed E-state index contributed by atoms with van der Waals surface area (Å²) in [5.74, 6) is -0.564. The van der Waals surface area contributed by atoms with Gasteiger partial charge in [-0.05, 0) is 24.6 Å². The number of amides is 1. The van der Waals surface area contributed by atoms with Crippen molar-refractivity contribution in [1.82, 2.24) is 4.98 Å². The summed E-state index contributed by atoms with van der Waals surface area (Å²) in [4.78, 5) is 16.1. The van der Waals surface area contributed by atoms with Gasteiger partial charge < -0.3 is 5.32 Å². The Hall–Kier alpha value is -0.710. The molecule has 0 atom stereocenters. The van der Waals surface area contributed by atoms with E-state index < -0.39 is 5.91 Å². The van der Waals surface area contributed by atoms with Gasteiger partial charge in [-0.15, -0.1) is 0 Å². The molecule has 0 radical (unpaired) electrons. The molecule has 0 spiro atoms. The molecule has 2 aromatic rings. The average Bonchev–Trinajstić information content (AvgIpc) is 2.44. The van der Waals surface area contributed by atoms with Gasteiger partial charge in [0.05, 0.1) is 15.1 Å². The zero-order valence-corrected chi connectivity index (χ0v) is 14.3. The van der Waals surface area contributed by atoms with Crippen molar-refractivity contribution in [2.24, 2.45) is 0 Å². The molecule has 2 rings (SSSR count). The lowest BCUT2D eigenvalue weighted by molar-refractivity contribution is 0.102. The van der Waals surface area contributed by atoms with Crippen LogP contribution >= 0.6 is 58.0 Å². The van der Waals surface area contributed by atoms with E-state index in [9.17, 15) is 4.79 Å². The molecule has 0 unspecified atom stereocenters. The Bertz CT molecular complexity index is 733. The van der Waals surface area contributed by atoms with Crippen LogP contribution in [0.3, 0.4) is 0 Å². The van der Waals surface area contributed by atoms with E-state index in [1.165, 1.54) is 0 Å². The van der Waals surface area contributed by atoms with E-state index in [0.717, 1.165) is 5.56 Å². The van der Waals surface area contributed by atoms with Gasteiger partial charge in [-0.3, -0.25) is 4.79 Å². The highest BCUT2D eigenvalue weighted by Gasteiger charge is 2.20. The van der Waals surface area contributed by atoms with E-state index in [1.807, 2.05) is 6.92 Å². The van der Waals surface area contributed by atoms with Gasteiger partial charge in [0.25, 0.3) is 5.91 Å². The molecule has 0 aliphatic rings. The minimum absolute atomic E-state index is 0.00109. The Kier molecular flexibility index (Phi) is 5.23. The van der Waals surface area contributed by atoms with Crippen LogP contribution in [0.4, 0.5) is 5.69 Å². The number of halogens is 5. The molecule has 1 aromatic heterocycles. The van der Waals surface area contributed by atoms with Crippen LogP contribution < -0.4 is 5.32 Å². The molecule has 0 fully saturated rings. The molecule has 0 aliphatic heterocycles. The summed E-state index contributed by atoms with van der Waals surface area (Å²) in [6.07, 6.45) is 0. The summed E-state index contributed by atoms with van der Waals surface area (Å²) >= 11 is 29.4. The molecule has 0 saturated carbocycles. The van der Waals surface area contributed by atoms with E-state index in [-0.39, 0.29) is 25.9 Å². The third-order valence-electron chi connectivity index (χ3n) is 2.65. The van der Waals surface area contributed by atoms with Crippen LogP contribution in [-0.2, 0) is 0 Å². The molecule has 1 heterocycles. The normalized spacial score (nSPS) is 10.6. The van der Waals surface area contributed by atoms with Gasteiger partial charge >= 0.3 is 0 Å². The quantitative estimate of drug-likeness (QED) is 0.654. The summed E-state index contributed by atoms with van der Waals surface area (Å²) < 4.78 is 0. The molecule has 1 N–H and O–H groups in total. The first kappa shape index (κ1) is 16.7. The monoisotopic (exact) mass is 382 g/mol. The largest absolute Gasteiger partial charge is 0.320 e. The van der Waals surface area contributed by atoms with Crippen molar-refractivity contribution in [3.05, 3.63) is 54.7 Å². The second-order valence-corrected chi connectivity index (χ2v) is 6.03. The van der Waals surface area contributed by atoms with Crippen LogP contribution in [0.25, 0.3) is 0 Å². The Morgan fingerprint density at radius 3 is 2.38 bits per heavy atom. The predicted octanol–water partition coefficient (Wildman–Crippen LogP) is 5.91. The zero-order valence-electron chi connectivity index (χ0n) is 10.5. The smallest absolute Gasteiger partial charge is 0.275 e. The second kappa shape index (κ2) is 6.59. The van der Waals surface area contributed by atoms with E-state index >= 15 is 0 Å². The van der Waals surface area contributed by atoms with Crippen LogP contribution in [0.5, 0.6) is 0 Å². The molecule has 21 heavy (non-hydrogen) atoms. The summed E-state index contributed by atoms with van der Waals surface area (Å²) in [6.45, 7) is 1.82. The highest BCUT2D eigenvalue weighted by atomic mass is 35.5. The number of nitrogens with zero attached hydrogens (tertiary/aromatic N) is 1. The number of hydrogen-bond donors (Lipinski definition) is 1. The maximum absolute atomic E-state index is 12.3. The lowest BCUT2D eigenvalue weighted by atomic mass is 10.2. The Labute approximate surface area is 146 Å². The van der Waals surface area contributed by atoms with E-state index in [0.29, 0.717) is 10.7 Å². The van der Waals surface area contributed by atoms with Gasteiger partial charge in [0, 0.05) is 10.7 Å². The fraction of sp³-hybridized carbons (Fsp3) is 0.0769. The lowest BCUT2D eigenvalue weighted by Crippen LogP contribution is -2.15. The van der Waals surface area contributed by atoms with Crippen molar-refractivity contribution in [2.75, 3.05) is 5.32 Å². The van der Waals surface area contributed by atoms with E-state index in [2.05, 4.69) is 10.3 Å². The van der Waals surface area contributed by atoms with Crippen LogP contribution in [0.1, 0.15) is 16.1 Å². The maximum atomic E-state index is 12.3. The van der Waals surface area contributed by atoms with Gasteiger partial charge in [0.15, 0.2) is 0 Å². The highest BCUT2D eigenvalue weighted by molar-refractivity contribution is 6.52. The molecule has 3 nitrogen and oxygen atoms in total. The first-order chi connectivity index (χ1) is 9.81. The van der Waals surface area contributed by atoms with Gasteiger partial charge in [-0.1, -0.05) is 64.1 Å². The minimum atomic E-state index is -0.564. The van der Waals surface area contributed by atoms with E-state index in [4.69, 9.17) is 58.0 Å². The fourth-order valence-electron chi connectivity index (χ4n) is 1.55. The second-order valence-electron chi connectivity index (χ2n) is 4.11. The SMILES string of the molecule is Cc1ccc(Cl)cc1NC(=O)c1nc(Cl)c(Cl)c(Cl)c1Cl. The van der Waals surface area contributed by atoms with Crippen molar-refractivity contribution in [2.45, 2.75) is 6.92 Å². The summed E-state index contributed by atoms with van der Waals surface area (Å²) in [7, 11) is 0. The van der Waals surface area contributed by atoms with Crippen LogP contribution in [0.2, 0.25) is 25.2 Å². The Morgan fingerprint density at radius 2 is 1.71 bits per heavy atom. The van der Waals surface area contributed by atoms with Crippen molar-refractivity contribution in [3.63, 3.8) is 0 Å². The van der Waals surface area contributed by atoms with Gasteiger partial charge in [0.2, 0.25) is 0 Å². The summed E-state index contributed by atoms with van der Waals surface area (Å²) in [6, 6.07) is 5.10. The number of anilines is 1. The lowest BCUT2D eigenvalue weighted by Gasteiger charge is -2.11. The average molecular weight is 384 g/mol. The first-order valence-corrected chi connectivity index (χ1v) is 7.47. The maximum Gasteiger partial charge on any atom is 0.275 e. The molecule has 0 saturated heterocycles. The van der Waals surface area contributed by atoms with E-state index in [1.54, 1.807) is 18.2 Å². The number of carbonyl (C=O) groups is 1. The number of benzene rings is 1. The number of nitrogens with one attached hydrogen (secondary N) is 1.